The Bertz CT molecular complexity index is 572. The van der Waals surface area contributed by atoms with E-state index >= 15 is 0 Å². The molecule has 0 aliphatic carbocycles. The van der Waals surface area contributed by atoms with E-state index in [4.69, 9.17) is 5.73 Å². The van der Waals surface area contributed by atoms with Gasteiger partial charge in [-0.2, -0.15) is 5.10 Å². The molecule has 4 heteroatoms. The van der Waals surface area contributed by atoms with Crippen LogP contribution >= 0.6 is 0 Å². The molecule has 0 saturated carbocycles. The first kappa shape index (κ1) is 14.7. The summed E-state index contributed by atoms with van der Waals surface area (Å²) < 4.78 is 1.97. The average Bonchev–Trinajstić information content (AvgIpc) is 2.79. The standard InChI is InChI=1S/C16H24N4/c1-11(2)9-20-16(18-10-19-20)8-15(17)14-7-5-6-12(3)13(14)4/h5-7,10-11,15H,8-9,17H2,1-4H3. The Hall–Kier alpha value is -1.68. The number of hydrogen-bond donors (Lipinski definition) is 1. The molecule has 0 radical (unpaired) electrons. The number of hydrogen-bond acceptors (Lipinski definition) is 3. The van der Waals surface area contributed by atoms with Crippen LogP contribution < -0.4 is 5.73 Å². The highest BCUT2D eigenvalue weighted by molar-refractivity contribution is 5.35. The van der Waals surface area contributed by atoms with Gasteiger partial charge in [0, 0.05) is 19.0 Å². The number of aromatic nitrogens is 3. The third-order valence-corrected chi connectivity index (χ3v) is 3.68. The molecular weight excluding hydrogens is 248 g/mol. The van der Waals surface area contributed by atoms with Crippen LogP contribution in [0.5, 0.6) is 0 Å². The van der Waals surface area contributed by atoms with Gasteiger partial charge in [-0.05, 0) is 36.5 Å². The van der Waals surface area contributed by atoms with Crippen LogP contribution in [-0.4, -0.2) is 14.8 Å². The minimum atomic E-state index is -0.0370. The first-order valence-corrected chi connectivity index (χ1v) is 7.17. The van der Waals surface area contributed by atoms with Crippen molar-refractivity contribution in [3.8, 4) is 0 Å². The van der Waals surface area contributed by atoms with E-state index < -0.39 is 0 Å². The van der Waals surface area contributed by atoms with Crippen LogP contribution in [0.3, 0.4) is 0 Å². The second-order valence-electron chi connectivity index (χ2n) is 5.85. The Kier molecular flexibility index (Phi) is 4.55. The lowest BCUT2D eigenvalue weighted by atomic mass is 9.96. The maximum atomic E-state index is 6.37. The van der Waals surface area contributed by atoms with Gasteiger partial charge in [0.15, 0.2) is 0 Å². The quantitative estimate of drug-likeness (QED) is 0.910. The van der Waals surface area contributed by atoms with Gasteiger partial charge < -0.3 is 5.73 Å². The first-order chi connectivity index (χ1) is 9.49. The van der Waals surface area contributed by atoms with E-state index in [9.17, 15) is 0 Å². The molecular formula is C16H24N4. The number of nitrogens with zero attached hydrogens (tertiary/aromatic N) is 3. The maximum Gasteiger partial charge on any atom is 0.138 e. The molecule has 1 heterocycles. The number of rotatable bonds is 5. The summed E-state index contributed by atoms with van der Waals surface area (Å²) >= 11 is 0. The van der Waals surface area contributed by atoms with E-state index in [1.54, 1.807) is 6.33 Å². The summed E-state index contributed by atoms with van der Waals surface area (Å²) in [7, 11) is 0. The van der Waals surface area contributed by atoms with E-state index in [0.29, 0.717) is 5.92 Å². The average molecular weight is 272 g/mol. The van der Waals surface area contributed by atoms with Gasteiger partial charge in [0.25, 0.3) is 0 Å². The van der Waals surface area contributed by atoms with Gasteiger partial charge in [0.1, 0.15) is 12.2 Å². The molecule has 2 rings (SSSR count). The lowest BCUT2D eigenvalue weighted by Crippen LogP contribution is -2.19. The lowest BCUT2D eigenvalue weighted by molar-refractivity contribution is 0.459. The van der Waals surface area contributed by atoms with Crippen LogP contribution in [0.4, 0.5) is 0 Å². The molecule has 108 valence electrons. The van der Waals surface area contributed by atoms with Crippen LogP contribution in [0, 0.1) is 19.8 Å². The predicted octanol–water partition coefficient (Wildman–Crippen LogP) is 2.79. The van der Waals surface area contributed by atoms with Crippen LogP contribution in [-0.2, 0) is 13.0 Å². The molecule has 2 N–H and O–H groups in total. The Morgan fingerprint density at radius 1 is 1.25 bits per heavy atom. The normalized spacial score (nSPS) is 12.9. The molecule has 0 aliphatic heterocycles. The third kappa shape index (κ3) is 3.25. The molecule has 20 heavy (non-hydrogen) atoms. The van der Waals surface area contributed by atoms with Crippen molar-refractivity contribution in [2.75, 3.05) is 0 Å². The molecule has 2 aromatic rings. The fraction of sp³-hybridized carbons (Fsp3) is 0.500. The summed E-state index contributed by atoms with van der Waals surface area (Å²) in [6, 6.07) is 6.25. The number of aryl methyl sites for hydroxylation is 1. The zero-order chi connectivity index (χ0) is 14.7. The first-order valence-electron chi connectivity index (χ1n) is 7.17. The van der Waals surface area contributed by atoms with Gasteiger partial charge in [-0.1, -0.05) is 32.0 Å². The van der Waals surface area contributed by atoms with Crippen molar-refractivity contribution in [3.63, 3.8) is 0 Å². The van der Waals surface area contributed by atoms with Crippen LogP contribution in [0.15, 0.2) is 24.5 Å². The zero-order valence-electron chi connectivity index (χ0n) is 12.8. The largest absolute Gasteiger partial charge is 0.324 e. The summed E-state index contributed by atoms with van der Waals surface area (Å²) in [5.74, 6) is 1.51. The highest BCUT2D eigenvalue weighted by Crippen LogP contribution is 2.21. The number of nitrogens with two attached hydrogens (primary N) is 1. The Morgan fingerprint density at radius 3 is 2.70 bits per heavy atom. The summed E-state index contributed by atoms with van der Waals surface area (Å²) in [6.07, 6.45) is 2.34. The van der Waals surface area contributed by atoms with Gasteiger partial charge in [-0.3, -0.25) is 0 Å². The van der Waals surface area contributed by atoms with Crippen molar-refractivity contribution >= 4 is 0 Å². The molecule has 0 saturated heterocycles. The summed E-state index contributed by atoms with van der Waals surface area (Å²) in [6.45, 7) is 9.48. The molecule has 1 unspecified atom stereocenters. The fourth-order valence-electron chi connectivity index (χ4n) is 2.43. The molecule has 1 aromatic carbocycles. The lowest BCUT2D eigenvalue weighted by Gasteiger charge is -2.17. The van der Waals surface area contributed by atoms with E-state index in [1.807, 2.05) is 4.68 Å². The molecule has 1 aromatic heterocycles. The monoisotopic (exact) mass is 272 g/mol. The van der Waals surface area contributed by atoms with Crippen molar-refractivity contribution in [2.24, 2.45) is 11.7 Å². The van der Waals surface area contributed by atoms with Crippen LogP contribution in [0.1, 0.15) is 42.4 Å². The molecule has 0 spiro atoms. The molecule has 4 nitrogen and oxygen atoms in total. The van der Waals surface area contributed by atoms with E-state index in [1.165, 1.54) is 16.7 Å². The minimum Gasteiger partial charge on any atom is -0.324 e. The Morgan fingerprint density at radius 2 is 2.00 bits per heavy atom. The molecule has 0 bridgehead atoms. The maximum absolute atomic E-state index is 6.37. The van der Waals surface area contributed by atoms with E-state index in [0.717, 1.165) is 18.8 Å². The van der Waals surface area contributed by atoms with E-state index in [-0.39, 0.29) is 6.04 Å². The van der Waals surface area contributed by atoms with E-state index in [2.05, 4.69) is 56.0 Å². The molecule has 0 amide bonds. The predicted molar refractivity (Wildman–Crippen MR) is 81.4 cm³/mol. The second kappa shape index (κ2) is 6.18. The molecule has 0 fully saturated rings. The highest BCUT2D eigenvalue weighted by atomic mass is 15.3. The fourth-order valence-corrected chi connectivity index (χ4v) is 2.43. The second-order valence-corrected chi connectivity index (χ2v) is 5.85. The van der Waals surface area contributed by atoms with Gasteiger partial charge in [-0.15, -0.1) is 0 Å². The molecule has 0 aliphatic rings. The van der Waals surface area contributed by atoms with Crippen molar-refractivity contribution in [1.29, 1.82) is 0 Å². The van der Waals surface area contributed by atoms with Crippen molar-refractivity contribution in [2.45, 2.75) is 46.7 Å². The number of benzene rings is 1. The van der Waals surface area contributed by atoms with Crippen molar-refractivity contribution in [3.05, 3.63) is 47.0 Å². The van der Waals surface area contributed by atoms with Crippen LogP contribution in [0.25, 0.3) is 0 Å². The van der Waals surface area contributed by atoms with Gasteiger partial charge in [0.05, 0.1) is 0 Å². The Balaban J connectivity index is 2.17. The smallest absolute Gasteiger partial charge is 0.138 e. The third-order valence-electron chi connectivity index (χ3n) is 3.68. The minimum absolute atomic E-state index is 0.0370. The summed E-state index contributed by atoms with van der Waals surface area (Å²) in [5.41, 5.74) is 10.1. The zero-order valence-corrected chi connectivity index (χ0v) is 12.8. The topological polar surface area (TPSA) is 56.7 Å². The summed E-state index contributed by atoms with van der Waals surface area (Å²) in [5, 5.41) is 4.29. The van der Waals surface area contributed by atoms with Gasteiger partial charge in [0.2, 0.25) is 0 Å². The Labute approximate surface area is 121 Å². The molecule has 1 atom stereocenters. The van der Waals surface area contributed by atoms with Crippen LogP contribution in [0.2, 0.25) is 0 Å². The van der Waals surface area contributed by atoms with Gasteiger partial charge in [-0.25, -0.2) is 9.67 Å². The highest BCUT2D eigenvalue weighted by Gasteiger charge is 2.15. The van der Waals surface area contributed by atoms with Crippen molar-refractivity contribution < 1.29 is 0 Å². The van der Waals surface area contributed by atoms with Gasteiger partial charge >= 0.3 is 0 Å². The summed E-state index contributed by atoms with van der Waals surface area (Å²) in [4.78, 5) is 4.36. The van der Waals surface area contributed by atoms with Crippen molar-refractivity contribution in [1.82, 2.24) is 14.8 Å². The SMILES string of the molecule is Cc1cccc(C(N)Cc2ncnn2CC(C)C)c1C.